The van der Waals surface area contributed by atoms with Crippen LogP contribution in [0.5, 0.6) is 0 Å². The standard InChI is InChI=1S/C16H20IN3O2/c17-10-15(21)19-11-14(12-4-2-1-3-5-12)20(16(19)22)13-6-8-18-9-7-13/h1-5,13-14,18H,6-11H2. The van der Waals surface area contributed by atoms with Crippen molar-refractivity contribution in [1.82, 2.24) is 15.1 Å². The Balaban J connectivity index is 1.90. The van der Waals surface area contributed by atoms with Crippen molar-refractivity contribution >= 4 is 34.5 Å². The maximum absolute atomic E-state index is 12.8. The van der Waals surface area contributed by atoms with Crippen LogP contribution in [0, 0.1) is 0 Å². The minimum Gasteiger partial charge on any atom is -0.317 e. The van der Waals surface area contributed by atoms with Gasteiger partial charge >= 0.3 is 6.03 Å². The molecule has 0 radical (unpaired) electrons. The molecule has 0 spiro atoms. The molecule has 1 unspecified atom stereocenters. The van der Waals surface area contributed by atoms with Gasteiger partial charge in [-0.25, -0.2) is 4.79 Å². The highest BCUT2D eigenvalue weighted by atomic mass is 127. The summed E-state index contributed by atoms with van der Waals surface area (Å²) in [6, 6.07) is 10.1. The number of urea groups is 1. The van der Waals surface area contributed by atoms with Crippen molar-refractivity contribution < 1.29 is 9.59 Å². The van der Waals surface area contributed by atoms with E-state index in [0.717, 1.165) is 31.5 Å². The Morgan fingerprint density at radius 3 is 2.55 bits per heavy atom. The number of alkyl halides is 1. The van der Waals surface area contributed by atoms with Gasteiger partial charge in [-0.1, -0.05) is 52.9 Å². The van der Waals surface area contributed by atoms with Crippen LogP contribution in [-0.2, 0) is 4.79 Å². The van der Waals surface area contributed by atoms with E-state index in [-0.39, 0.29) is 24.0 Å². The number of rotatable bonds is 3. The molecule has 0 saturated carbocycles. The lowest BCUT2D eigenvalue weighted by molar-refractivity contribution is -0.124. The molecule has 3 amide bonds. The van der Waals surface area contributed by atoms with Crippen LogP contribution in [0.2, 0.25) is 0 Å². The van der Waals surface area contributed by atoms with Crippen molar-refractivity contribution in [2.45, 2.75) is 24.9 Å². The zero-order chi connectivity index (χ0) is 15.5. The van der Waals surface area contributed by atoms with Crippen molar-refractivity contribution in [3.05, 3.63) is 35.9 Å². The zero-order valence-electron chi connectivity index (χ0n) is 12.4. The van der Waals surface area contributed by atoms with Crippen LogP contribution in [-0.4, -0.2) is 51.8 Å². The molecule has 2 heterocycles. The molecule has 2 aliphatic heterocycles. The van der Waals surface area contributed by atoms with Gasteiger partial charge in [-0.2, -0.15) is 0 Å². The van der Waals surface area contributed by atoms with Crippen molar-refractivity contribution in [3.8, 4) is 0 Å². The lowest BCUT2D eigenvalue weighted by Gasteiger charge is -2.35. The van der Waals surface area contributed by atoms with E-state index < -0.39 is 0 Å². The van der Waals surface area contributed by atoms with E-state index in [4.69, 9.17) is 0 Å². The number of carbonyl (C=O) groups is 2. The van der Waals surface area contributed by atoms with Gasteiger partial charge in [0.1, 0.15) is 0 Å². The Bertz CT molecular complexity index is 546. The molecule has 0 aromatic heterocycles. The topological polar surface area (TPSA) is 52.7 Å². The van der Waals surface area contributed by atoms with Gasteiger partial charge in [0.15, 0.2) is 0 Å². The Morgan fingerprint density at radius 2 is 1.91 bits per heavy atom. The van der Waals surface area contributed by atoms with Gasteiger partial charge in [0.2, 0.25) is 5.91 Å². The molecule has 2 saturated heterocycles. The summed E-state index contributed by atoms with van der Waals surface area (Å²) in [7, 11) is 0. The van der Waals surface area contributed by atoms with E-state index in [0.29, 0.717) is 11.0 Å². The fourth-order valence-electron chi connectivity index (χ4n) is 3.33. The first-order chi connectivity index (χ1) is 10.7. The zero-order valence-corrected chi connectivity index (χ0v) is 14.5. The minimum absolute atomic E-state index is 0.0244. The highest BCUT2D eigenvalue weighted by Gasteiger charge is 2.44. The average molecular weight is 413 g/mol. The third-order valence-corrected chi connectivity index (χ3v) is 5.10. The average Bonchev–Trinajstić information content (AvgIpc) is 2.93. The number of halogens is 1. The molecule has 1 atom stereocenters. The Kier molecular flexibility index (Phi) is 4.97. The number of hydrogen-bond acceptors (Lipinski definition) is 3. The van der Waals surface area contributed by atoms with Gasteiger partial charge in [0.05, 0.1) is 17.0 Å². The molecule has 3 rings (SSSR count). The summed E-state index contributed by atoms with van der Waals surface area (Å²) < 4.78 is 0.338. The normalized spacial score (nSPS) is 23.1. The van der Waals surface area contributed by atoms with Crippen LogP contribution in [0.3, 0.4) is 0 Å². The first kappa shape index (κ1) is 15.7. The third-order valence-electron chi connectivity index (χ3n) is 4.44. The number of imide groups is 1. The van der Waals surface area contributed by atoms with E-state index >= 15 is 0 Å². The number of benzene rings is 1. The second kappa shape index (κ2) is 6.95. The summed E-state index contributed by atoms with van der Waals surface area (Å²) in [5, 5.41) is 3.33. The summed E-state index contributed by atoms with van der Waals surface area (Å²) in [5.74, 6) is -0.0945. The van der Waals surface area contributed by atoms with E-state index in [2.05, 4.69) is 5.32 Å². The third kappa shape index (κ3) is 2.99. The van der Waals surface area contributed by atoms with Crippen molar-refractivity contribution in [2.24, 2.45) is 0 Å². The lowest BCUT2D eigenvalue weighted by Crippen LogP contribution is -2.46. The van der Waals surface area contributed by atoms with Gasteiger partial charge < -0.3 is 10.2 Å². The van der Waals surface area contributed by atoms with E-state index in [1.165, 1.54) is 4.90 Å². The highest BCUT2D eigenvalue weighted by Crippen LogP contribution is 2.34. The second-order valence-electron chi connectivity index (χ2n) is 5.74. The first-order valence-electron chi connectivity index (χ1n) is 7.66. The van der Waals surface area contributed by atoms with Crippen molar-refractivity contribution in [2.75, 3.05) is 24.1 Å². The molecule has 1 aromatic rings. The van der Waals surface area contributed by atoms with Crippen molar-refractivity contribution in [3.63, 3.8) is 0 Å². The molecule has 22 heavy (non-hydrogen) atoms. The number of carbonyl (C=O) groups excluding carboxylic acids is 2. The molecule has 1 N–H and O–H groups in total. The predicted molar refractivity (Wildman–Crippen MR) is 92.9 cm³/mol. The number of hydrogen-bond donors (Lipinski definition) is 1. The van der Waals surface area contributed by atoms with Gasteiger partial charge in [-0.15, -0.1) is 0 Å². The minimum atomic E-state index is -0.123. The largest absolute Gasteiger partial charge is 0.327 e. The van der Waals surface area contributed by atoms with Gasteiger partial charge in [-0.05, 0) is 31.5 Å². The van der Waals surface area contributed by atoms with Crippen LogP contribution in [0.15, 0.2) is 30.3 Å². The second-order valence-corrected chi connectivity index (χ2v) is 6.50. The summed E-state index contributed by atoms with van der Waals surface area (Å²) in [6.45, 7) is 2.32. The summed E-state index contributed by atoms with van der Waals surface area (Å²) in [6.07, 6.45) is 1.89. The van der Waals surface area contributed by atoms with Crippen LogP contribution < -0.4 is 5.32 Å². The van der Waals surface area contributed by atoms with Crippen LogP contribution in [0.1, 0.15) is 24.4 Å². The maximum atomic E-state index is 12.8. The molecule has 0 bridgehead atoms. The molecule has 0 aliphatic carbocycles. The lowest BCUT2D eigenvalue weighted by atomic mass is 10.00. The molecule has 118 valence electrons. The fraction of sp³-hybridized carbons (Fsp3) is 0.500. The molecule has 2 aliphatic rings. The van der Waals surface area contributed by atoms with Crippen LogP contribution in [0.4, 0.5) is 4.79 Å². The van der Waals surface area contributed by atoms with Gasteiger partial charge in [0, 0.05) is 6.04 Å². The molecule has 5 nitrogen and oxygen atoms in total. The van der Waals surface area contributed by atoms with Gasteiger partial charge in [-0.3, -0.25) is 9.69 Å². The Morgan fingerprint density at radius 1 is 1.23 bits per heavy atom. The molecule has 2 fully saturated rings. The van der Waals surface area contributed by atoms with Gasteiger partial charge in [0.25, 0.3) is 0 Å². The quantitative estimate of drug-likeness (QED) is 0.611. The fourth-order valence-corrected chi connectivity index (χ4v) is 3.74. The number of nitrogens with zero attached hydrogens (tertiary/aromatic N) is 2. The maximum Gasteiger partial charge on any atom is 0.327 e. The summed E-state index contributed by atoms with van der Waals surface area (Å²) >= 11 is 2.02. The van der Waals surface area contributed by atoms with Crippen LogP contribution >= 0.6 is 22.6 Å². The van der Waals surface area contributed by atoms with E-state index in [1.807, 2.05) is 57.8 Å². The highest BCUT2D eigenvalue weighted by molar-refractivity contribution is 14.1. The van der Waals surface area contributed by atoms with E-state index in [1.54, 1.807) is 0 Å². The molecule has 6 heteroatoms. The van der Waals surface area contributed by atoms with E-state index in [9.17, 15) is 9.59 Å². The smallest absolute Gasteiger partial charge is 0.317 e. The Labute approximate surface area is 144 Å². The molecule has 1 aromatic carbocycles. The predicted octanol–water partition coefficient (Wildman–Crippen LogP) is 2.18. The number of amides is 3. The Hall–Kier alpha value is -1.15. The first-order valence-corrected chi connectivity index (χ1v) is 9.19. The van der Waals surface area contributed by atoms with Crippen LogP contribution in [0.25, 0.3) is 0 Å². The number of piperidine rings is 1. The monoisotopic (exact) mass is 413 g/mol. The summed E-state index contributed by atoms with van der Waals surface area (Å²) in [5.41, 5.74) is 1.11. The SMILES string of the molecule is O=C(CI)N1CC(c2ccccc2)N(C2CCNCC2)C1=O. The molecular formula is C16H20IN3O2. The number of nitrogens with one attached hydrogen (secondary N) is 1. The van der Waals surface area contributed by atoms with Crippen molar-refractivity contribution in [1.29, 1.82) is 0 Å². The molecular weight excluding hydrogens is 393 g/mol. The summed E-state index contributed by atoms with van der Waals surface area (Å²) in [4.78, 5) is 28.3.